The van der Waals surface area contributed by atoms with E-state index in [9.17, 15) is 47.9 Å². The van der Waals surface area contributed by atoms with Crippen molar-refractivity contribution in [2.75, 3.05) is 459 Å². The first-order valence-electron chi connectivity index (χ1n) is 44.4. The monoisotopic (exact) mass is 1920 g/mol. The molecule has 50 nitrogen and oxygen atoms in total. The number of nitrogens with zero attached hydrogens (tertiary/aromatic N) is 12. The van der Waals surface area contributed by atoms with Crippen LogP contribution in [0.25, 0.3) is 0 Å². The molecule has 774 valence electrons. The number of methoxy groups -OCH3 is 9. The molecule has 0 bridgehead atoms. The van der Waals surface area contributed by atoms with E-state index in [0.717, 1.165) is 49.0 Å². The van der Waals surface area contributed by atoms with E-state index in [0.29, 0.717) is 52.9 Å². The predicted molar refractivity (Wildman–Crippen MR) is 478 cm³/mol. The molecule has 133 heavy (non-hydrogen) atoms. The Balaban J connectivity index is 7.83. The Kier molecular flexibility index (Phi) is 80.7. The van der Waals surface area contributed by atoms with Crippen LogP contribution >= 0.6 is 0 Å². The van der Waals surface area contributed by atoms with E-state index in [1.54, 1.807) is 0 Å². The quantitative estimate of drug-likeness (QED) is 0.0411. The topological polar surface area (TPSA) is 559 Å². The third kappa shape index (κ3) is 64.7. The fraction of sp³-hybridized carbons (Fsp3) is 0.843. The van der Waals surface area contributed by atoms with Crippen LogP contribution in [0.1, 0.15) is 6.92 Å². The molecule has 0 aromatic carbocycles. The molecular formula is C83H158N16O34. The van der Waals surface area contributed by atoms with Crippen molar-refractivity contribution in [2.24, 2.45) is 22.9 Å². The minimum Gasteiger partial charge on any atom is -0.383 e. The van der Waals surface area contributed by atoms with E-state index in [2.05, 4.69) is 0 Å². The Morgan fingerprint density at radius 1 is 0.165 bits per heavy atom. The molecule has 0 rings (SSSR count). The van der Waals surface area contributed by atoms with Gasteiger partial charge < -0.3 is 181 Å². The van der Waals surface area contributed by atoms with Gasteiger partial charge in [-0.05, 0) is 0 Å². The highest BCUT2D eigenvalue weighted by molar-refractivity contribution is 5.95. The lowest BCUT2D eigenvalue weighted by atomic mass is 10.3. The number of amides is 13. The van der Waals surface area contributed by atoms with Gasteiger partial charge in [-0.15, -0.1) is 0 Å². The molecule has 0 saturated heterocycles. The van der Waals surface area contributed by atoms with Crippen molar-refractivity contribution in [3.05, 3.63) is 0 Å². The number of primary amides is 1. The van der Waals surface area contributed by atoms with Gasteiger partial charge in [-0.25, -0.2) is 0 Å². The van der Waals surface area contributed by atoms with Crippen molar-refractivity contribution in [1.29, 1.82) is 0 Å². The summed E-state index contributed by atoms with van der Waals surface area (Å²) in [6.45, 7) is -5.36. The minimum atomic E-state index is -0.837. The van der Waals surface area contributed by atoms with Gasteiger partial charge in [0.05, 0.1) is 297 Å². The van der Waals surface area contributed by atoms with Crippen LogP contribution in [0.4, 0.5) is 0 Å². The van der Waals surface area contributed by atoms with E-state index in [1.165, 1.54) is 80.7 Å². The lowest BCUT2D eigenvalue weighted by Crippen LogP contribution is -2.54. The molecule has 0 aliphatic rings. The smallest absolute Gasteiger partial charge is 0.242 e. The second kappa shape index (κ2) is 85.8. The van der Waals surface area contributed by atoms with Crippen LogP contribution in [0.2, 0.25) is 0 Å². The molecule has 0 radical (unpaired) electrons. The van der Waals surface area contributed by atoms with Gasteiger partial charge in [0.2, 0.25) is 76.8 Å². The van der Waals surface area contributed by atoms with Crippen LogP contribution in [0.15, 0.2) is 0 Å². The number of carbonyl (C=O) groups excluding carboxylic acids is 13. The Hall–Kier alpha value is -7.85. The molecule has 8 N–H and O–H groups in total. The highest BCUT2D eigenvalue weighted by Crippen LogP contribution is 2.11. The van der Waals surface area contributed by atoms with Crippen LogP contribution in [0.5, 0.6) is 0 Å². The summed E-state index contributed by atoms with van der Waals surface area (Å²) in [4.78, 5) is 200. The summed E-state index contributed by atoms with van der Waals surface area (Å²) in [5.41, 5.74) is 23.6. The second-order valence-corrected chi connectivity index (χ2v) is 29.0. The average Bonchev–Trinajstić information content (AvgIpc) is 0.858. The van der Waals surface area contributed by atoms with E-state index in [1.807, 2.05) is 0 Å². The molecule has 50 heteroatoms. The van der Waals surface area contributed by atoms with Crippen LogP contribution < -0.4 is 22.9 Å². The van der Waals surface area contributed by atoms with Crippen molar-refractivity contribution < 1.29 is 162 Å². The molecule has 0 spiro atoms. The van der Waals surface area contributed by atoms with Crippen LogP contribution in [-0.4, -0.2) is 594 Å². The summed E-state index contributed by atoms with van der Waals surface area (Å²) in [5, 5.41) is 0. The predicted octanol–water partition coefficient (Wildman–Crippen LogP) is -8.67. The Morgan fingerprint density at radius 2 is 0.286 bits per heavy atom. The first kappa shape index (κ1) is 125. The number of rotatable bonds is 93. The van der Waals surface area contributed by atoms with Crippen molar-refractivity contribution in [2.45, 2.75) is 6.92 Å². The van der Waals surface area contributed by atoms with Gasteiger partial charge in [0, 0.05) is 169 Å². The van der Waals surface area contributed by atoms with Gasteiger partial charge in [-0.1, -0.05) is 0 Å². The summed E-state index contributed by atoms with van der Waals surface area (Å²) in [6, 6.07) is 0. The van der Waals surface area contributed by atoms with Gasteiger partial charge in [0.1, 0.15) is 0 Å². The second-order valence-electron chi connectivity index (χ2n) is 29.0. The fourth-order valence-corrected chi connectivity index (χ4v) is 11.5. The number of hydrogen-bond acceptors (Lipinski definition) is 37. The Morgan fingerprint density at radius 3 is 0.429 bits per heavy atom. The van der Waals surface area contributed by atoms with Crippen molar-refractivity contribution in [3.63, 3.8) is 0 Å². The van der Waals surface area contributed by atoms with E-state index in [4.69, 9.17) is 122 Å². The molecule has 0 aliphatic heterocycles. The maximum absolute atomic E-state index is 15.1. The third-order valence-electron chi connectivity index (χ3n) is 19.0. The highest BCUT2D eigenvalue weighted by Gasteiger charge is 2.34. The zero-order valence-corrected chi connectivity index (χ0v) is 80.5. The average molecular weight is 1920 g/mol. The Bertz CT molecular complexity index is 3090. The van der Waals surface area contributed by atoms with Crippen LogP contribution in [0.3, 0.4) is 0 Å². The molecule has 0 aliphatic carbocycles. The van der Waals surface area contributed by atoms with Crippen LogP contribution in [-0.2, 0) is 162 Å². The molecular weight excluding hydrogens is 1760 g/mol. The fourth-order valence-electron chi connectivity index (χ4n) is 11.5. The number of nitrogens with two attached hydrogens (primary N) is 4. The molecule has 0 fully saturated rings. The number of ether oxygens (including phenoxy) is 21. The maximum atomic E-state index is 15.1. The third-order valence-corrected chi connectivity index (χ3v) is 19.0. The number of hydrogen-bond donors (Lipinski definition) is 4. The van der Waals surface area contributed by atoms with Gasteiger partial charge in [0.25, 0.3) is 0 Å². The van der Waals surface area contributed by atoms with Crippen LogP contribution in [0, 0.1) is 0 Å². The normalized spacial score (nSPS) is 11.2. The zero-order valence-electron chi connectivity index (χ0n) is 80.5. The van der Waals surface area contributed by atoms with E-state index in [-0.39, 0.29) is 263 Å². The molecule has 0 saturated carbocycles. The molecule has 0 heterocycles. The van der Waals surface area contributed by atoms with Crippen molar-refractivity contribution in [1.82, 2.24) is 58.8 Å². The summed E-state index contributed by atoms with van der Waals surface area (Å²) < 4.78 is 114. The zero-order chi connectivity index (χ0) is 98.7. The summed E-state index contributed by atoms with van der Waals surface area (Å²) in [5.74, 6) is -9.72. The van der Waals surface area contributed by atoms with Gasteiger partial charge in [-0.3, -0.25) is 62.3 Å². The highest BCUT2D eigenvalue weighted by atomic mass is 16.6. The lowest BCUT2D eigenvalue weighted by Gasteiger charge is -2.33. The summed E-state index contributed by atoms with van der Waals surface area (Å²) in [6.07, 6.45) is 0. The minimum absolute atomic E-state index is 0.0216. The first-order chi connectivity index (χ1) is 64.3. The van der Waals surface area contributed by atoms with E-state index < -0.39 is 155 Å². The SMILES string of the molecule is COCCOCCOCCN(CC(N)=O)C(=O)CN(CCOC)C(=O)CN(CCOCCOCCOC)C(=O)CN(CCN)C(=O)CN(CCOCCOCCOC)C(=O)CN(CCOC)C(=O)CN(CCOCCOCCOC)C(=O)CN(CCN)C(=O)CN(CCOCCOCCOC)C(=O)CN(CCOC)C(=O)CN(CCOCCOCCOC)C(=O)CN(CCN)C(C)=O. The van der Waals surface area contributed by atoms with Crippen molar-refractivity contribution >= 4 is 76.8 Å². The van der Waals surface area contributed by atoms with E-state index >= 15 is 14.4 Å². The largest absolute Gasteiger partial charge is 0.383 e. The van der Waals surface area contributed by atoms with Crippen molar-refractivity contribution in [3.8, 4) is 0 Å². The molecule has 0 aromatic rings. The summed E-state index contributed by atoms with van der Waals surface area (Å²) in [7, 11) is 13.2. The first-order valence-corrected chi connectivity index (χ1v) is 44.4. The van der Waals surface area contributed by atoms with Gasteiger partial charge in [-0.2, -0.15) is 0 Å². The molecule has 0 aromatic heterocycles. The standard InChI is InChI=1S/C83H158N16O34/c1-71(100)88(14-11-84)60-73(102)95(21-30-123-48-54-129-42-36-117-6)68-79(108)93(18-27-114-3)66-82(111)96(22-31-124-49-55-130-43-37-118-7)63-74(103)90(16-13-86)62-78(107)99(25-34-127-52-58-133-46-40-121-10)70-81(110)94(19-28-115-4)67-83(112)97(23-32-125-50-56-131-44-38-119-8)64-75(104)89(15-12-85)61-77(106)98(24-33-126-51-57-132-45-39-120-9)69-80(109)92(17-26-113-2)65-76(105)91(59-72(87)101)20-29-122-47-53-128-41-35-116-5/h11-70,84-86H2,1-10H3,(H2,87,101). The maximum Gasteiger partial charge on any atom is 0.242 e. The van der Waals surface area contributed by atoms with Gasteiger partial charge >= 0.3 is 0 Å². The molecule has 0 atom stereocenters. The molecule has 13 amide bonds. The lowest BCUT2D eigenvalue weighted by molar-refractivity contribution is -0.150. The number of carbonyl (C=O) groups is 13. The Labute approximate surface area is 783 Å². The summed E-state index contributed by atoms with van der Waals surface area (Å²) >= 11 is 0. The van der Waals surface area contributed by atoms with Gasteiger partial charge in [0.15, 0.2) is 0 Å². The molecule has 0 unspecified atom stereocenters.